The van der Waals surface area contributed by atoms with Crippen LogP contribution in [0.15, 0.2) is 18.3 Å². The number of amides is 1. The number of fused-ring (bicyclic) bond motifs is 1. The van der Waals surface area contributed by atoms with Crippen molar-refractivity contribution >= 4 is 39.1 Å². The summed E-state index contributed by atoms with van der Waals surface area (Å²) in [7, 11) is 2.16. The molecule has 23 heavy (non-hydrogen) atoms. The first kappa shape index (κ1) is 16.6. The molecule has 0 saturated carbocycles. The van der Waals surface area contributed by atoms with Gasteiger partial charge in [0.15, 0.2) is 0 Å². The minimum absolute atomic E-state index is 0.0394. The molecule has 2 aromatic rings. The third kappa shape index (κ3) is 4.20. The fourth-order valence-electron chi connectivity index (χ4n) is 2.68. The number of aromatic nitrogens is 1. The molecule has 0 aromatic carbocycles. The van der Waals surface area contributed by atoms with E-state index in [2.05, 4.69) is 27.1 Å². The number of pyridine rings is 1. The van der Waals surface area contributed by atoms with E-state index in [1.54, 1.807) is 12.3 Å². The zero-order chi connectivity index (χ0) is 16.2. The predicted molar refractivity (Wildman–Crippen MR) is 95.5 cm³/mol. The van der Waals surface area contributed by atoms with Gasteiger partial charge in [0.25, 0.3) is 5.91 Å². The molecule has 1 N–H and O–H groups in total. The Bertz CT molecular complexity index is 682. The van der Waals surface area contributed by atoms with E-state index in [0.717, 1.165) is 49.4 Å². The molecule has 0 bridgehead atoms. The monoisotopic (exact) mass is 352 g/mol. The maximum Gasteiger partial charge on any atom is 0.261 e. The van der Waals surface area contributed by atoms with Crippen LogP contribution in [0.2, 0.25) is 5.02 Å². The summed E-state index contributed by atoms with van der Waals surface area (Å²) in [6.07, 6.45) is 2.63. The van der Waals surface area contributed by atoms with Gasteiger partial charge in [-0.1, -0.05) is 11.6 Å². The lowest BCUT2D eigenvalue weighted by Crippen LogP contribution is -2.45. The zero-order valence-corrected chi connectivity index (χ0v) is 14.8. The number of thiophene rings is 1. The van der Waals surface area contributed by atoms with E-state index in [1.807, 2.05) is 6.07 Å². The van der Waals surface area contributed by atoms with Gasteiger partial charge in [-0.05, 0) is 32.1 Å². The molecule has 124 valence electrons. The van der Waals surface area contributed by atoms with Crippen LogP contribution >= 0.6 is 22.9 Å². The van der Waals surface area contributed by atoms with Gasteiger partial charge in [0.1, 0.15) is 0 Å². The van der Waals surface area contributed by atoms with E-state index in [-0.39, 0.29) is 5.91 Å². The maximum absolute atomic E-state index is 12.2. The Morgan fingerprint density at radius 3 is 2.91 bits per heavy atom. The van der Waals surface area contributed by atoms with Gasteiger partial charge >= 0.3 is 0 Å². The normalized spacial score (nSPS) is 16.8. The lowest BCUT2D eigenvalue weighted by atomic mass is 10.3. The fourth-order valence-corrected chi connectivity index (χ4v) is 3.89. The summed E-state index contributed by atoms with van der Waals surface area (Å²) in [6, 6.07) is 3.56. The van der Waals surface area contributed by atoms with Crippen LogP contribution in [0, 0.1) is 0 Å². The molecule has 1 aliphatic rings. The first-order valence-corrected chi connectivity index (χ1v) is 9.06. The number of carbonyl (C=O) groups excluding carboxylic acids is 1. The Morgan fingerprint density at radius 1 is 1.39 bits per heavy atom. The van der Waals surface area contributed by atoms with Gasteiger partial charge in [0.05, 0.1) is 20.1 Å². The van der Waals surface area contributed by atoms with E-state index in [9.17, 15) is 4.79 Å². The second kappa shape index (κ2) is 7.57. The smallest absolute Gasteiger partial charge is 0.261 e. The highest BCUT2D eigenvalue weighted by atomic mass is 35.5. The van der Waals surface area contributed by atoms with Crippen LogP contribution in [-0.4, -0.2) is 67.0 Å². The lowest BCUT2D eigenvalue weighted by Gasteiger charge is -2.32. The maximum atomic E-state index is 12.2. The number of hydrogen-bond acceptors (Lipinski definition) is 5. The Kier molecular flexibility index (Phi) is 5.48. The fraction of sp³-hybridized carbons (Fsp3) is 0.500. The highest BCUT2D eigenvalue weighted by molar-refractivity contribution is 7.21. The van der Waals surface area contributed by atoms with Crippen LogP contribution < -0.4 is 5.32 Å². The van der Waals surface area contributed by atoms with Crippen LogP contribution in [0.25, 0.3) is 10.2 Å². The van der Waals surface area contributed by atoms with Crippen molar-refractivity contribution in [2.24, 2.45) is 0 Å². The Hall–Kier alpha value is -1.21. The number of likely N-dealkylation sites (N-methyl/N-ethyl adjacent to an activating group) is 1. The minimum atomic E-state index is -0.0394. The summed E-state index contributed by atoms with van der Waals surface area (Å²) in [6.45, 7) is 6.22. The Labute approximate surface area is 145 Å². The van der Waals surface area contributed by atoms with Crippen molar-refractivity contribution in [1.82, 2.24) is 20.1 Å². The highest BCUT2D eigenvalue weighted by Crippen LogP contribution is 2.30. The molecule has 0 aliphatic carbocycles. The van der Waals surface area contributed by atoms with Crippen LogP contribution in [0.4, 0.5) is 0 Å². The van der Waals surface area contributed by atoms with E-state index >= 15 is 0 Å². The van der Waals surface area contributed by atoms with Gasteiger partial charge in [-0.3, -0.25) is 9.78 Å². The third-order valence-electron chi connectivity index (χ3n) is 4.12. The molecular formula is C16H21ClN4OS. The van der Waals surface area contributed by atoms with Crippen molar-refractivity contribution in [3.8, 4) is 0 Å². The highest BCUT2D eigenvalue weighted by Gasteiger charge is 2.14. The molecule has 0 spiro atoms. The predicted octanol–water partition coefficient (Wildman–Crippen LogP) is 2.32. The molecule has 3 rings (SSSR count). The van der Waals surface area contributed by atoms with Gasteiger partial charge in [-0.2, -0.15) is 0 Å². The quantitative estimate of drug-likeness (QED) is 0.839. The summed E-state index contributed by atoms with van der Waals surface area (Å²) in [5.41, 5.74) is 0.782. The molecule has 5 nitrogen and oxygen atoms in total. The number of halogens is 1. The molecular weight excluding hydrogens is 332 g/mol. The minimum Gasteiger partial charge on any atom is -0.351 e. The van der Waals surface area contributed by atoms with Crippen molar-refractivity contribution in [1.29, 1.82) is 0 Å². The topological polar surface area (TPSA) is 48.5 Å². The van der Waals surface area contributed by atoms with Gasteiger partial charge in [-0.25, -0.2) is 0 Å². The number of carbonyl (C=O) groups is 1. The second-order valence-corrected chi connectivity index (χ2v) is 7.33. The van der Waals surface area contributed by atoms with Crippen molar-refractivity contribution in [2.75, 3.05) is 46.3 Å². The first-order chi connectivity index (χ1) is 11.1. The number of rotatable bonds is 5. The molecule has 0 unspecified atom stereocenters. The number of nitrogens with one attached hydrogen (secondary N) is 1. The third-order valence-corrected chi connectivity index (χ3v) is 5.70. The first-order valence-electron chi connectivity index (χ1n) is 7.86. The zero-order valence-electron chi connectivity index (χ0n) is 13.2. The summed E-state index contributed by atoms with van der Waals surface area (Å²) in [5, 5.41) is 3.64. The molecule has 1 amide bonds. The molecule has 0 radical (unpaired) electrons. The average Bonchev–Trinajstić information content (AvgIpc) is 2.99. The van der Waals surface area contributed by atoms with Crippen molar-refractivity contribution < 1.29 is 4.79 Å². The van der Waals surface area contributed by atoms with Crippen LogP contribution in [-0.2, 0) is 0 Å². The van der Waals surface area contributed by atoms with E-state index in [4.69, 9.17) is 11.6 Å². The Morgan fingerprint density at radius 2 is 2.17 bits per heavy atom. The number of hydrogen-bond donors (Lipinski definition) is 1. The average molecular weight is 353 g/mol. The Balaban J connectivity index is 1.46. The largest absolute Gasteiger partial charge is 0.351 e. The van der Waals surface area contributed by atoms with Gasteiger partial charge in [-0.15, -0.1) is 11.3 Å². The van der Waals surface area contributed by atoms with Crippen LogP contribution in [0.5, 0.6) is 0 Å². The van der Waals surface area contributed by atoms with E-state index in [1.165, 1.54) is 11.3 Å². The van der Waals surface area contributed by atoms with E-state index < -0.39 is 0 Å². The van der Waals surface area contributed by atoms with Gasteiger partial charge in [0.2, 0.25) is 0 Å². The molecule has 3 heterocycles. The summed E-state index contributed by atoms with van der Waals surface area (Å²) >= 11 is 7.52. The molecule has 0 atom stereocenters. The molecule has 7 heteroatoms. The summed E-state index contributed by atoms with van der Waals surface area (Å²) < 4.78 is 0.872. The number of piperazine rings is 1. The van der Waals surface area contributed by atoms with Crippen molar-refractivity contribution in [3.05, 3.63) is 28.2 Å². The molecule has 1 saturated heterocycles. The lowest BCUT2D eigenvalue weighted by molar-refractivity contribution is 0.0953. The summed E-state index contributed by atoms with van der Waals surface area (Å²) in [5.74, 6) is -0.0394. The SMILES string of the molecule is CN1CCN(CCCNC(=O)c2cc3nccc(Cl)c3s2)CC1. The number of nitrogens with zero attached hydrogens (tertiary/aromatic N) is 3. The molecule has 2 aromatic heterocycles. The standard InChI is InChI=1S/C16H21ClN4OS/c1-20-7-9-21(10-8-20)6-2-4-19-16(22)14-11-13-15(23-14)12(17)3-5-18-13/h3,5,11H,2,4,6-10H2,1H3,(H,19,22). The molecule has 1 fully saturated rings. The summed E-state index contributed by atoms with van der Waals surface area (Å²) in [4.78, 5) is 21.9. The van der Waals surface area contributed by atoms with Gasteiger partial charge < -0.3 is 15.1 Å². The van der Waals surface area contributed by atoms with Crippen LogP contribution in [0.1, 0.15) is 16.1 Å². The van der Waals surface area contributed by atoms with Crippen molar-refractivity contribution in [2.45, 2.75) is 6.42 Å². The van der Waals surface area contributed by atoms with E-state index in [0.29, 0.717) is 16.4 Å². The second-order valence-electron chi connectivity index (χ2n) is 5.87. The molecule has 1 aliphatic heterocycles. The van der Waals surface area contributed by atoms with Crippen LogP contribution in [0.3, 0.4) is 0 Å². The van der Waals surface area contributed by atoms with Crippen molar-refractivity contribution in [3.63, 3.8) is 0 Å². The van der Waals surface area contributed by atoms with Gasteiger partial charge in [0, 0.05) is 38.9 Å².